The monoisotopic (exact) mass is 502 g/mol. The van der Waals surface area contributed by atoms with Gasteiger partial charge in [0.1, 0.15) is 11.4 Å². The number of nitrogens with one attached hydrogen (secondary N) is 1. The molecule has 6 nitrogen and oxygen atoms in total. The molecule has 0 bridgehead atoms. The van der Waals surface area contributed by atoms with Gasteiger partial charge in [-0.25, -0.2) is 13.2 Å². The number of hydrogen-bond donors (Lipinski definition) is 1. The molecule has 2 aliphatic rings. The number of para-hydroxylation sites is 1. The SMILES string of the molecule is CC1CC2(CCN(C(=O)Nc3ccc(S(=O)(=O)C(F)(F)F)cc3)CC2)Oc2c(Cl)cccc21. The fraction of sp³-hybridized carbons (Fsp3) is 0.409. The Hall–Kier alpha value is -2.46. The molecule has 1 fully saturated rings. The zero-order valence-electron chi connectivity index (χ0n) is 17.7. The molecule has 2 aromatic carbocycles. The number of alkyl halides is 3. The molecule has 4 rings (SSSR count). The standard InChI is InChI=1S/C22H22ClF3N2O4S/c1-14-13-21(32-19-17(14)3-2-4-18(19)23)9-11-28(12-10-21)20(29)27-15-5-7-16(8-6-15)33(30,31)22(24,25)26/h2-8,14H,9-13H2,1H3,(H,27,29). The average Bonchev–Trinajstić information content (AvgIpc) is 2.75. The molecule has 33 heavy (non-hydrogen) atoms. The highest BCUT2D eigenvalue weighted by Crippen LogP contribution is 2.47. The van der Waals surface area contributed by atoms with Crippen LogP contribution in [0.1, 0.15) is 37.7 Å². The summed E-state index contributed by atoms with van der Waals surface area (Å²) in [4.78, 5) is 13.4. The van der Waals surface area contributed by atoms with Crippen LogP contribution < -0.4 is 10.1 Å². The van der Waals surface area contributed by atoms with E-state index in [1.165, 1.54) is 0 Å². The number of anilines is 1. The summed E-state index contributed by atoms with van der Waals surface area (Å²) in [6, 6.07) is 9.19. The van der Waals surface area contributed by atoms with Gasteiger partial charge < -0.3 is 15.0 Å². The molecule has 1 atom stereocenters. The summed E-state index contributed by atoms with van der Waals surface area (Å²) in [5.41, 5.74) is -4.53. The largest absolute Gasteiger partial charge is 0.501 e. The first-order chi connectivity index (χ1) is 15.4. The molecule has 1 unspecified atom stereocenters. The van der Waals surface area contributed by atoms with Crippen LogP contribution in [0, 0.1) is 0 Å². The summed E-state index contributed by atoms with van der Waals surface area (Å²) in [5, 5.41) is 3.17. The van der Waals surface area contributed by atoms with Crippen LogP contribution in [0.4, 0.5) is 23.7 Å². The summed E-state index contributed by atoms with van der Waals surface area (Å²) in [5.74, 6) is 0.962. The van der Waals surface area contributed by atoms with Crippen LogP contribution in [0.2, 0.25) is 5.02 Å². The van der Waals surface area contributed by atoms with Crippen LogP contribution in [-0.4, -0.2) is 43.5 Å². The van der Waals surface area contributed by atoms with Gasteiger partial charge >= 0.3 is 11.5 Å². The Kier molecular flexibility index (Phi) is 6.03. The number of halogens is 4. The predicted octanol–water partition coefficient (Wildman–Crippen LogP) is 5.59. The van der Waals surface area contributed by atoms with E-state index in [-0.39, 0.29) is 11.6 Å². The minimum atomic E-state index is -5.43. The molecule has 0 aromatic heterocycles. The van der Waals surface area contributed by atoms with Crippen molar-refractivity contribution in [3.8, 4) is 5.75 Å². The van der Waals surface area contributed by atoms with Crippen molar-refractivity contribution >= 4 is 33.2 Å². The quantitative estimate of drug-likeness (QED) is 0.581. The first kappa shape index (κ1) is 23.7. The van der Waals surface area contributed by atoms with E-state index in [9.17, 15) is 26.4 Å². The molecule has 2 amide bonds. The molecule has 0 radical (unpaired) electrons. The van der Waals surface area contributed by atoms with Crippen molar-refractivity contribution in [2.45, 2.75) is 48.1 Å². The van der Waals surface area contributed by atoms with Crippen molar-refractivity contribution in [3.05, 3.63) is 53.1 Å². The van der Waals surface area contributed by atoms with E-state index >= 15 is 0 Å². The second-order valence-electron chi connectivity index (χ2n) is 8.44. The summed E-state index contributed by atoms with van der Waals surface area (Å²) in [6.45, 7) is 2.99. The van der Waals surface area contributed by atoms with Gasteiger partial charge in [0.15, 0.2) is 0 Å². The molecule has 2 aromatic rings. The Balaban J connectivity index is 1.39. The van der Waals surface area contributed by atoms with Crippen molar-refractivity contribution < 1.29 is 31.1 Å². The Morgan fingerprint density at radius 3 is 2.39 bits per heavy atom. The van der Waals surface area contributed by atoms with E-state index in [2.05, 4.69) is 12.2 Å². The Labute approximate surface area is 194 Å². The molecule has 0 aliphatic carbocycles. The van der Waals surface area contributed by atoms with Gasteiger partial charge in [0.25, 0.3) is 9.84 Å². The molecule has 2 aliphatic heterocycles. The number of hydrogen-bond acceptors (Lipinski definition) is 4. The molecule has 2 heterocycles. The minimum Gasteiger partial charge on any atom is -0.485 e. The number of carbonyl (C=O) groups excluding carboxylic acids is 1. The Bertz CT molecular complexity index is 1160. The number of amides is 2. The molecule has 1 saturated heterocycles. The molecule has 1 N–H and O–H groups in total. The smallest absolute Gasteiger partial charge is 0.485 e. The summed E-state index contributed by atoms with van der Waals surface area (Å²) < 4.78 is 67.3. The van der Waals surface area contributed by atoms with E-state index in [1.807, 2.05) is 12.1 Å². The maximum absolute atomic E-state index is 12.7. The van der Waals surface area contributed by atoms with E-state index < -0.39 is 31.9 Å². The highest BCUT2D eigenvalue weighted by atomic mass is 35.5. The van der Waals surface area contributed by atoms with Crippen LogP contribution in [0.15, 0.2) is 47.4 Å². The number of benzene rings is 2. The topological polar surface area (TPSA) is 75.7 Å². The lowest BCUT2D eigenvalue weighted by molar-refractivity contribution is -0.0436. The summed E-state index contributed by atoms with van der Waals surface area (Å²) >= 11 is 6.34. The molecule has 0 saturated carbocycles. The lowest BCUT2D eigenvalue weighted by Gasteiger charge is -2.46. The molecule has 1 spiro atoms. The van der Waals surface area contributed by atoms with Gasteiger partial charge in [-0.2, -0.15) is 13.2 Å². The third-order valence-electron chi connectivity index (χ3n) is 6.21. The van der Waals surface area contributed by atoms with Crippen molar-refractivity contribution in [1.29, 1.82) is 0 Å². The number of piperidine rings is 1. The molecule has 11 heteroatoms. The number of urea groups is 1. The number of nitrogens with zero attached hydrogens (tertiary/aromatic N) is 1. The van der Waals surface area contributed by atoms with Crippen molar-refractivity contribution in [3.63, 3.8) is 0 Å². The number of ether oxygens (including phenoxy) is 1. The number of carbonyl (C=O) groups is 1. The fourth-order valence-electron chi connectivity index (χ4n) is 4.42. The maximum Gasteiger partial charge on any atom is 0.501 e. The third kappa shape index (κ3) is 4.50. The van der Waals surface area contributed by atoms with Gasteiger partial charge in [0, 0.05) is 31.6 Å². The molecular formula is C22H22ClF3N2O4S. The third-order valence-corrected chi connectivity index (χ3v) is 8.01. The van der Waals surface area contributed by atoms with E-state index in [0.717, 1.165) is 36.2 Å². The maximum atomic E-state index is 12.7. The van der Waals surface area contributed by atoms with Gasteiger partial charge in [0.05, 0.1) is 9.92 Å². The average molecular weight is 503 g/mol. The lowest BCUT2D eigenvalue weighted by atomic mass is 9.78. The normalized spacial score (nSPS) is 20.2. The number of likely N-dealkylation sites (tertiary alicyclic amines) is 1. The van der Waals surface area contributed by atoms with Crippen molar-refractivity contribution in [2.75, 3.05) is 18.4 Å². The van der Waals surface area contributed by atoms with Gasteiger partial charge in [-0.05, 0) is 48.2 Å². The van der Waals surface area contributed by atoms with Crippen LogP contribution in [0.25, 0.3) is 0 Å². The van der Waals surface area contributed by atoms with Gasteiger partial charge in [-0.3, -0.25) is 0 Å². The van der Waals surface area contributed by atoms with Crippen molar-refractivity contribution in [1.82, 2.24) is 4.90 Å². The van der Waals surface area contributed by atoms with Crippen LogP contribution in [-0.2, 0) is 9.84 Å². The van der Waals surface area contributed by atoms with E-state index in [0.29, 0.717) is 36.7 Å². The first-order valence-electron chi connectivity index (χ1n) is 10.4. The Morgan fingerprint density at radius 1 is 1.15 bits per heavy atom. The zero-order chi connectivity index (χ0) is 24.0. The highest BCUT2D eigenvalue weighted by Gasteiger charge is 2.47. The summed E-state index contributed by atoms with van der Waals surface area (Å²) in [7, 11) is -5.43. The van der Waals surface area contributed by atoms with E-state index in [1.54, 1.807) is 11.0 Å². The Morgan fingerprint density at radius 2 is 1.79 bits per heavy atom. The predicted molar refractivity (Wildman–Crippen MR) is 117 cm³/mol. The minimum absolute atomic E-state index is 0.199. The molecular weight excluding hydrogens is 481 g/mol. The zero-order valence-corrected chi connectivity index (χ0v) is 19.2. The first-order valence-corrected chi connectivity index (χ1v) is 12.2. The molecule has 178 valence electrons. The van der Waals surface area contributed by atoms with Gasteiger partial charge in [-0.15, -0.1) is 0 Å². The number of fused-ring (bicyclic) bond motifs is 1. The van der Waals surface area contributed by atoms with Crippen molar-refractivity contribution in [2.24, 2.45) is 0 Å². The van der Waals surface area contributed by atoms with Crippen LogP contribution >= 0.6 is 11.6 Å². The van der Waals surface area contributed by atoms with E-state index in [4.69, 9.17) is 16.3 Å². The van der Waals surface area contributed by atoms with Crippen LogP contribution in [0.3, 0.4) is 0 Å². The van der Waals surface area contributed by atoms with Crippen LogP contribution in [0.5, 0.6) is 5.75 Å². The van der Waals surface area contributed by atoms with Gasteiger partial charge in [0.2, 0.25) is 0 Å². The summed E-state index contributed by atoms with van der Waals surface area (Å²) in [6.07, 6.45) is 2.03. The number of rotatable bonds is 2. The fourth-order valence-corrected chi connectivity index (χ4v) is 5.41. The van der Waals surface area contributed by atoms with Gasteiger partial charge in [-0.1, -0.05) is 30.7 Å². The second kappa shape index (κ2) is 8.39. The highest BCUT2D eigenvalue weighted by molar-refractivity contribution is 7.92. The second-order valence-corrected chi connectivity index (χ2v) is 10.8. The lowest BCUT2D eigenvalue weighted by Crippen LogP contribution is -2.52. The number of sulfone groups is 1.